The van der Waals surface area contributed by atoms with E-state index >= 15 is 0 Å². The van der Waals surface area contributed by atoms with Crippen LogP contribution in [0.3, 0.4) is 0 Å². The van der Waals surface area contributed by atoms with Gasteiger partial charge in [0, 0.05) is 6.20 Å². The first-order valence-electron chi connectivity index (χ1n) is 8.29. The summed E-state index contributed by atoms with van der Waals surface area (Å²) in [4.78, 5) is 7.21. The molecule has 0 spiro atoms. The number of aliphatic hydroxyl groups excluding tert-OH is 1. The van der Waals surface area contributed by atoms with Crippen LogP contribution < -0.4 is 0 Å². The molecule has 1 aromatic carbocycles. The van der Waals surface area contributed by atoms with Crippen molar-refractivity contribution in [2.45, 2.75) is 11.3 Å². The van der Waals surface area contributed by atoms with Crippen molar-refractivity contribution in [3.05, 3.63) is 58.7 Å². The third kappa shape index (κ3) is 3.67. The maximum atomic E-state index is 13.1. The second-order valence-corrected chi connectivity index (χ2v) is 7.43. The van der Waals surface area contributed by atoms with Crippen LogP contribution in [0.4, 0.5) is 13.2 Å². The van der Waals surface area contributed by atoms with E-state index in [4.69, 9.17) is 11.6 Å². The standard InChI is InChI=1S/C18H10ClF3N6OS/c19-11-5-9(18(20,21)22)7-28-16(11)26-27-17(28)30-8-14(29)10(6-23)15-24-12-3-1-2-4-13(12)25-15/h1-5,7,29H,8H2,(H,24,25). The summed E-state index contributed by atoms with van der Waals surface area (Å²) in [7, 11) is 0. The lowest BCUT2D eigenvalue weighted by atomic mass is 10.2. The highest BCUT2D eigenvalue weighted by Gasteiger charge is 2.32. The molecule has 0 amide bonds. The molecule has 152 valence electrons. The molecule has 3 aromatic heterocycles. The molecule has 0 aliphatic heterocycles. The van der Waals surface area contributed by atoms with Gasteiger partial charge in [0.25, 0.3) is 0 Å². The number of halogens is 4. The fraction of sp³-hybridized carbons (Fsp3) is 0.111. The highest BCUT2D eigenvalue weighted by Crippen LogP contribution is 2.33. The van der Waals surface area contributed by atoms with Gasteiger partial charge in [-0.1, -0.05) is 35.5 Å². The van der Waals surface area contributed by atoms with Gasteiger partial charge >= 0.3 is 6.18 Å². The lowest BCUT2D eigenvalue weighted by molar-refractivity contribution is -0.137. The van der Waals surface area contributed by atoms with Gasteiger partial charge in [0.2, 0.25) is 0 Å². The van der Waals surface area contributed by atoms with Gasteiger partial charge in [-0.3, -0.25) is 4.40 Å². The molecule has 12 heteroatoms. The largest absolute Gasteiger partial charge is 0.510 e. The van der Waals surface area contributed by atoms with Crippen molar-refractivity contribution in [1.29, 1.82) is 5.26 Å². The van der Waals surface area contributed by atoms with E-state index in [-0.39, 0.29) is 38.7 Å². The number of hydrogen-bond donors (Lipinski definition) is 2. The molecule has 4 rings (SSSR count). The summed E-state index contributed by atoms with van der Waals surface area (Å²) in [5.74, 6) is -0.268. The second kappa shape index (κ2) is 7.55. The van der Waals surface area contributed by atoms with E-state index in [1.165, 1.54) is 0 Å². The number of nitrogens with one attached hydrogen (secondary N) is 1. The number of nitrogens with zero attached hydrogens (tertiary/aromatic N) is 5. The monoisotopic (exact) mass is 450 g/mol. The number of alkyl halides is 3. The van der Waals surface area contributed by atoms with Gasteiger partial charge in [-0.2, -0.15) is 18.4 Å². The van der Waals surface area contributed by atoms with Crippen LogP contribution >= 0.6 is 23.4 Å². The Labute approximate surface area is 175 Å². The van der Waals surface area contributed by atoms with Crippen LogP contribution in [0.15, 0.2) is 47.4 Å². The number of aromatic nitrogens is 5. The molecule has 30 heavy (non-hydrogen) atoms. The Balaban J connectivity index is 1.65. The van der Waals surface area contributed by atoms with Gasteiger partial charge in [-0.05, 0) is 18.2 Å². The van der Waals surface area contributed by atoms with E-state index in [0.29, 0.717) is 11.0 Å². The van der Waals surface area contributed by atoms with Crippen LogP contribution in [0.25, 0.3) is 22.3 Å². The van der Waals surface area contributed by atoms with Gasteiger partial charge in [0.05, 0.1) is 27.4 Å². The number of para-hydroxylation sites is 2. The number of hydrogen-bond acceptors (Lipinski definition) is 6. The first kappa shape index (κ1) is 20.1. The van der Waals surface area contributed by atoms with Crippen molar-refractivity contribution in [2.75, 3.05) is 5.75 Å². The zero-order valence-electron chi connectivity index (χ0n) is 14.8. The van der Waals surface area contributed by atoms with Gasteiger partial charge in [-0.25, -0.2) is 4.98 Å². The van der Waals surface area contributed by atoms with Crippen LogP contribution in [0, 0.1) is 11.3 Å². The van der Waals surface area contributed by atoms with Crippen molar-refractivity contribution < 1.29 is 18.3 Å². The third-order valence-electron chi connectivity index (χ3n) is 4.12. The number of pyridine rings is 1. The zero-order chi connectivity index (χ0) is 21.5. The van der Waals surface area contributed by atoms with E-state index in [0.717, 1.165) is 28.4 Å². The average molecular weight is 451 g/mol. The van der Waals surface area contributed by atoms with Crippen LogP contribution in [0.5, 0.6) is 0 Å². The van der Waals surface area contributed by atoms with Gasteiger partial charge < -0.3 is 10.1 Å². The van der Waals surface area contributed by atoms with Crippen molar-refractivity contribution in [2.24, 2.45) is 0 Å². The Kier molecular flexibility index (Phi) is 5.05. The predicted molar refractivity (Wildman–Crippen MR) is 105 cm³/mol. The topological polar surface area (TPSA) is 103 Å². The normalized spacial score (nSPS) is 12.9. The molecule has 0 aliphatic carbocycles. The molecule has 0 saturated heterocycles. The van der Waals surface area contributed by atoms with E-state index in [1.807, 2.05) is 6.07 Å². The lowest BCUT2D eigenvalue weighted by Crippen LogP contribution is -2.07. The molecule has 0 aliphatic rings. The summed E-state index contributed by atoms with van der Waals surface area (Å²) in [6, 6.07) is 9.78. The molecule has 0 atom stereocenters. The number of H-pyrrole nitrogens is 1. The first-order valence-corrected chi connectivity index (χ1v) is 9.66. The van der Waals surface area contributed by atoms with Gasteiger partial charge in [0.15, 0.2) is 16.6 Å². The predicted octanol–water partition coefficient (Wildman–Crippen LogP) is 4.86. The zero-order valence-corrected chi connectivity index (χ0v) is 16.3. The number of aliphatic hydroxyl groups is 1. The molecule has 3 heterocycles. The lowest BCUT2D eigenvalue weighted by Gasteiger charge is -2.08. The van der Waals surface area contributed by atoms with E-state index in [9.17, 15) is 23.5 Å². The molecule has 7 nitrogen and oxygen atoms in total. The Morgan fingerprint density at radius 1 is 1.30 bits per heavy atom. The van der Waals surface area contributed by atoms with E-state index in [2.05, 4.69) is 20.2 Å². The molecule has 4 aromatic rings. The fourth-order valence-corrected chi connectivity index (χ4v) is 3.75. The second-order valence-electron chi connectivity index (χ2n) is 6.08. The Hall–Kier alpha value is -3.23. The Bertz CT molecular complexity index is 1300. The quantitative estimate of drug-likeness (QED) is 0.261. The number of benzene rings is 1. The summed E-state index contributed by atoms with van der Waals surface area (Å²) in [6.07, 6.45) is -3.77. The minimum Gasteiger partial charge on any atom is -0.510 e. The van der Waals surface area contributed by atoms with Crippen LogP contribution in [-0.2, 0) is 6.18 Å². The van der Waals surface area contributed by atoms with Crippen LogP contribution in [0.1, 0.15) is 11.4 Å². The van der Waals surface area contributed by atoms with Crippen molar-refractivity contribution >= 4 is 45.6 Å². The number of fused-ring (bicyclic) bond motifs is 2. The van der Waals surface area contributed by atoms with Gasteiger partial charge in [0.1, 0.15) is 17.4 Å². The maximum Gasteiger partial charge on any atom is 0.417 e. The van der Waals surface area contributed by atoms with Crippen LogP contribution in [-0.4, -0.2) is 35.4 Å². The number of allylic oxidation sites excluding steroid dienone is 1. The summed E-state index contributed by atoms with van der Waals surface area (Å²) in [5, 5.41) is 27.3. The third-order valence-corrected chi connectivity index (χ3v) is 5.35. The minimum atomic E-state index is -4.60. The molecule has 0 radical (unpaired) electrons. The molecular formula is C18H10ClF3N6OS. The molecule has 0 bridgehead atoms. The Morgan fingerprint density at radius 3 is 2.77 bits per heavy atom. The molecule has 0 fully saturated rings. The average Bonchev–Trinajstić information content (AvgIpc) is 3.30. The maximum absolute atomic E-state index is 13.1. The number of imidazole rings is 1. The SMILES string of the molecule is N#CC(=C(O)CSc1nnc2c(Cl)cc(C(F)(F)F)cn12)c1nc2ccccc2[nH]1. The molecular weight excluding hydrogens is 441 g/mol. The summed E-state index contributed by atoms with van der Waals surface area (Å²) in [5.41, 5.74) is 0.327. The molecule has 2 N–H and O–H groups in total. The smallest absolute Gasteiger partial charge is 0.417 e. The molecule has 0 unspecified atom stereocenters. The van der Waals surface area contributed by atoms with Crippen LogP contribution in [0.2, 0.25) is 5.02 Å². The highest BCUT2D eigenvalue weighted by atomic mass is 35.5. The molecule has 0 saturated carbocycles. The fourth-order valence-electron chi connectivity index (χ4n) is 2.72. The van der Waals surface area contributed by atoms with E-state index in [1.54, 1.807) is 24.3 Å². The number of thioether (sulfide) groups is 1. The van der Waals surface area contributed by atoms with E-state index < -0.39 is 11.7 Å². The van der Waals surface area contributed by atoms with Crippen molar-refractivity contribution in [3.8, 4) is 6.07 Å². The van der Waals surface area contributed by atoms with Crippen molar-refractivity contribution in [1.82, 2.24) is 24.6 Å². The number of rotatable bonds is 4. The Morgan fingerprint density at radius 2 is 2.07 bits per heavy atom. The summed E-state index contributed by atoms with van der Waals surface area (Å²) >= 11 is 6.79. The summed E-state index contributed by atoms with van der Waals surface area (Å²) in [6.45, 7) is 0. The first-order chi connectivity index (χ1) is 14.3. The highest BCUT2D eigenvalue weighted by molar-refractivity contribution is 7.99. The minimum absolute atomic E-state index is 0.0495. The number of aromatic amines is 1. The summed E-state index contributed by atoms with van der Waals surface area (Å²) < 4.78 is 40.3. The number of nitriles is 1. The van der Waals surface area contributed by atoms with Crippen molar-refractivity contribution in [3.63, 3.8) is 0 Å². The van der Waals surface area contributed by atoms with Gasteiger partial charge in [-0.15, -0.1) is 10.2 Å².